The Bertz CT molecular complexity index is 1290. The molecule has 4 rings (SSSR count). The molecule has 1 aliphatic carbocycles. The minimum Gasteiger partial charge on any atom is -0.504 e. The zero-order valence-electron chi connectivity index (χ0n) is 18.1. The first-order valence-electron chi connectivity index (χ1n) is 10.1. The number of aromatic hydroxyl groups is 1. The van der Waals surface area contributed by atoms with Gasteiger partial charge in [0, 0.05) is 20.3 Å². The molecule has 0 aliphatic heterocycles. The summed E-state index contributed by atoms with van der Waals surface area (Å²) in [5, 5.41) is 16.7. The molecule has 0 saturated carbocycles. The van der Waals surface area contributed by atoms with E-state index in [-0.39, 0.29) is 39.4 Å². The van der Waals surface area contributed by atoms with Crippen molar-refractivity contribution < 1.29 is 14.3 Å². The van der Waals surface area contributed by atoms with Gasteiger partial charge in [-0.25, -0.2) is 4.98 Å². The van der Waals surface area contributed by atoms with Crippen LogP contribution in [0.25, 0.3) is 0 Å². The van der Waals surface area contributed by atoms with Crippen LogP contribution in [-0.4, -0.2) is 35.0 Å². The van der Waals surface area contributed by atoms with Gasteiger partial charge in [-0.3, -0.25) is 14.4 Å². The van der Waals surface area contributed by atoms with Crippen molar-refractivity contribution in [2.24, 2.45) is 5.41 Å². The first-order valence-corrected chi connectivity index (χ1v) is 10.4. The number of hydrogen-bond acceptors (Lipinski definition) is 8. The molecule has 1 atom stereocenters. The van der Waals surface area contributed by atoms with Crippen molar-refractivity contribution in [3.8, 4) is 5.75 Å². The SMILES string of the molecule is CN(C)C(=O)c1nccc(Nc2c(NC3c4oc(Cl)cc4CCC3(C)C)c(=O)c2=O)c1O. The number of amides is 1. The van der Waals surface area contributed by atoms with Gasteiger partial charge >= 0.3 is 0 Å². The second kappa shape index (κ2) is 7.67. The molecule has 9 nitrogen and oxygen atoms in total. The van der Waals surface area contributed by atoms with E-state index < -0.39 is 22.5 Å². The van der Waals surface area contributed by atoms with Gasteiger partial charge in [0.2, 0.25) is 0 Å². The number of carbonyl (C=O) groups is 1. The molecule has 168 valence electrons. The van der Waals surface area contributed by atoms with Crippen LogP contribution >= 0.6 is 11.6 Å². The molecule has 1 amide bonds. The summed E-state index contributed by atoms with van der Waals surface area (Å²) in [4.78, 5) is 42.2. The molecule has 0 fully saturated rings. The molecule has 10 heteroatoms. The molecule has 0 radical (unpaired) electrons. The minimum atomic E-state index is -0.726. The molecule has 2 aromatic heterocycles. The number of nitrogens with one attached hydrogen (secondary N) is 2. The summed E-state index contributed by atoms with van der Waals surface area (Å²) in [5.74, 6) is -0.278. The number of furan rings is 1. The van der Waals surface area contributed by atoms with Crippen LogP contribution in [0.2, 0.25) is 5.22 Å². The summed E-state index contributed by atoms with van der Waals surface area (Å²) >= 11 is 6.06. The summed E-state index contributed by atoms with van der Waals surface area (Å²) in [6.07, 6.45) is 2.95. The number of carbonyl (C=O) groups excluding carboxylic acids is 1. The molecule has 3 aromatic rings. The fraction of sp³-hybridized carbons (Fsp3) is 0.364. The third-order valence-corrected chi connectivity index (χ3v) is 6.07. The minimum absolute atomic E-state index is 0.000304. The monoisotopic (exact) mass is 458 g/mol. The van der Waals surface area contributed by atoms with Crippen molar-refractivity contribution in [1.82, 2.24) is 9.88 Å². The molecule has 32 heavy (non-hydrogen) atoms. The van der Waals surface area contributed by atoms with E-state index in [0.29, 0.717) is 5.76 Å². The highest BCUT2D eigenvalue weighted by Gasteiger charge is 2.40. The van der Waals surface area contributed by atoms with Crippen molar-refractivity contribution >= 4 is 34.6 Å². The maximum Gasteiger partial charge on any atom is 0.275 e. The normalized spacial score (nSPS) is 17.1. The maximum absolute atomic E-state index is 12.4. The van der Waals surface area contributed by atoms with Crippen molar-refractivity contribution in [3.05, 3.63) is 61.0 Å². The Morgan fingerprint density at radius 3 is 2.66 bits per heavy atom. The Morgan fingerprint density at radius 2 is 1.97 bits per heavy atom. The smallest absolute Gasteiger partial charge is 0.275 e. The van der Waals surface area contributed by atoms with Crippen LogP contribution in [0.4, 0.5) is 17.1 Å². The number of nitrogens with zero attached hydrogens (tertiary/aromatic N) is 2. The fourth-order valence-electron chi connectivity index (χ4n) is 3.92. The molecule has 1 aliphatic rings. The predicted molar refractivity (Wildman–Crippen MR) is 121 cm³/mol. The summed E-state index contributed by atoms with van der Waals surface area (Å²) < 4.78 is 5.70. The van der Waals surface area contributed by atoms with E-state index in [1.165, 1.54) is 31.3 Å². The standard InChI is InChI=1S/C22H23ClN4O5/c1-22(2)7-5-10-9-12(23)32-19(10)20(22)26-14-13(17(29)18(14)30)25-11-6-8-24-15(16(11)28)21(31)27(3)4/h6,8-9,20,26,28H,5,7H2,1-4H3,(H,24,25). The van der Waals surface area contributed by atoms with Gasteiger partial charge < -0.3 is 25.1 Å². The van der Waals surface area contributed by atoms with Crippen molar-refractivity contribution in [1.29, 1.82) is 0 Å². The molecule has 3 N–H and O–H groups in total. The fourth-order valence-corrected chi connectivity index (χ4v) is 4.13. The van der Waals surface area contributed by atoms with Gasteiger partial charge in [-0.2, -0.15) is 0 Å². The first kappa shape index (κ1) is 21.9. The summed E-state index contributed by atoms with van der Waals surface area (Å²) in [6, 6.07) is 2.79. The quantitative estimate of drug-likeness (QED) is 0.498. The summed E-state index contributed by atoms with van der Waals surface area (Å²) in [6.45, 7) is 4.08. The number of fused-ring (bicyclic) bond motifs is 1. The average molecular weight is 459 g/mol. The van der Waals surface area contributed by atoms with Gasteiger partial charge in [0.05, 0.1) is 11.7 Å². The van der Waals surface area contributed by atoms with Gasteiger partial charge in [-0.15, -0.1) is 0 Å². The van der Waals surface area contributed by atoms with Crippen LogP contribution in [0, 0.1) is 5.41 Å². The highest BCUT2D eigenvalue weighted by molar-refractivity contribution is 6.29. The van der Waals surface area contributed by atoms with Crippen LogP contribution in [-0.2, 0) is 6.42 Å². The lowest BCUT2D eigenvalue weighted by molar-refractivity contribution is 0.0819. The van der Waals surface area contributed by atoms with Crippen molar-refractivity contribution in [3.63, 3.8) is 0 Å². The van der Waals surface area contributed by atoms with Gasteiger partial charge in [0.25, 0.3) is 16.8 Å². The molecular formula is C22H23ClN4O5. The maximum atomic E-state index is 12.4. The molecule has 0 spiro atoms. The summed E-state index contributed by atoms with van der Waals surface area (Å²) in [5.41, 5.74) is -0.720. The first-order chi connectivity index (χ1) is 15.0. The van der Waals surface area contributed by atoms with Crippen molar-refractivity contribution in [2.75, 3.05) is 24.7 Å². The Balaban J connectivity index is 1.68. The van der Waals surface area contributed by atoms with E-state index in [2.05, 4.69) is 15.6 Å². The third-order valence-electron chi connectivity index (χ3n) is 5.89. The lowest BCUT2D eigenvalue weighted by atomic mass is 9.73. The number of aryl methyl sites for hydroxylation is 1. The topological polar surface area (TPSA) is 125 Å². The van der Waals surface area contributed by atoms with Crippen LogP contribution < -0.4 is 21.5 Å². The van der Waals surface area contributed by atoms with E-state index in [1.807, 2.05) is 13.8 Å². The van der Waals surface area contributed by atoms with Crippen molar-refractivity contribution in [2.45, 2.75) is 32.7 Å². The van der Waals surface area contributed by atoms with E-state index in [4.69, 9.17) is 16.0 Å². The Morgan fingerprint density at radius 1 is 1.28 bits per heavy atom. The second-order valence-electron chi connectivity index (χ2n) is 8.79. The molecule has 1 unspecified atom stereocenters. The van der Waals surface area contributed by atoms with Gasteiger partial charge in [-0.1, -0.05) is 13.8 Å². The van der Waals surface area contributed by atoms with E-state index in [1.54, 1.807) is 6.07 Å². The second-order valence-corrected chi connectivity index (χ2v) is 9.17. The Labute approximate surface area is 188 Å². The van der Waals surface area contributed by atoms with Gasteiger partial charge in [-0.05, 0) is 47.6 Å². The predicted octanol–water partition coefficient (Wildman–Crippen LogP) is 3.20. The molecular weight excluding hydrogens is 436 g/mol. The highest BCUT2D eigenvalue weighted by atomic mass is 35.5. The van der Waals surface area contributed by atoms with E-state index in [9.17, 15) is 19.5 Å². The van der Waals surface area contributed by atoms with Crippen LogP contribution in [0.1, 0.15) is 48.1 Å². The Kier molecular flexibility index (Phi) is 5.24. The number of pyridine rings is 1. The lowest BCUT2D eigenvalue weighted by Crippen LogP contribution is -2.41. The largest absolute Gasteiger partial charge is 0.504 e. The number of aromatic nitrogens is 1. The van der Waals surface area contributed by atoms with Crippen LogP contribution in [0.3, 0.4) is 0 Å². The third kappa shape index (κ3) is 3.52. The van der Waals surface area contributed by atoms with E-state index >= 15 is 0 Å². The van der Waals surface area contributed by atoms with Crippen LogP contribution in [0.15, 0.2) is 32.3 Å². The number of halogens is 1. The highest BCUT2D eigenvalue weighted by Crippen LogP contribution is 2.47. The van der Waals surface area contributed by atoms with Gasteiger partial charge in [0.15, 0.2) is 16.7 Å². The van der Waals surface area contributed by atoms with Gasteiger partial charge in [0.1, 0.15) is 17.1 Å². The summed E-state index contributed by atoms with van der Waals surface area (Å²) in [7, 11) is 3.06. The zero-order chi connectivity index (χ0) is 23.4. The molecule has 1 aromatic carbocycles. The number of hydrogen-bond donors (Lipinski definition) is 3. The lowest BCUT2D eigenvalue weighted by Gasteiger charge is -2.38. The zero-order valence-corrected chi connectivity index (χ0v) is 18.8. The number of rotatable bonds is 5. The molecule has 0 bridgehead atoms. The Hall–Kier alpha value is -3.33. The number of anilines is 3. The average Bonchev–Trinajstić information content (AvgIpc) is 3.12. The van der Waals surface area contributed by atoms with E-state index in [0.717, 1.165) is 18.4 Å². The molecule has 0 saturated heterocycles. The van der Waals surface area contributed by atoms with Crippen LogP contribution in [0.5, 0.6) is 5.75 Å². The molecule has 2 heterocycles.